The van der Waals surface area contributed by atoms with Gasteiger partial charge in [-0.05, 0) is 57.4 Å². The summed E-state index contributed by atoms with van der Waals surface area (Å²) in [4.78, 5) is 5.32. The largest absolute Gasteiger partial charge is 0.307 e. The molecule has 4 bridgehead atoms. The summed E-state index contributed by atoms with van der Waals surface area (Å²) in [5.41, 5.74) is 6.40. The summed E-state index contributed by atoms with van der Waals surface area (Å²) < 4.78 is 0. The standard InChI is InChI=1S/C21H30N2/c1-13(2)7-8-17-18-10-16-12-21(4)14(3)20(17)23-19(18)11-15(16)6-5-9-22-21/h5-7,14,17-18,20,22H,8-12H2,1-4H3. The van der Waals surface area contributed by atoms with Gasteiger partial charge in [0.05, 0.1) is 6.04 Å². The summed E-state index contributed by atoms with van der Waals surface area (Å²) in [6, 6.07) is 0.488. The summed E-state index contributed by atoms with van der Waals surface area (Å²) >= 11 is 0. The molecule has 0 aromatic rings. The van der Waals surface area contributed by atoms with Crippen molar-refractivity contribution in [2.75, 3.05) is 6.54 Å². The van der Waals surface area contributed by atoms with Crippen molar-refractivity contribution in [2.24, 2.45) is 22.7 Å². The van der Waals surface area contributed by atoms with E-state index in [1.165, 1.54) is 30.5 Å². The minimum atomic E-state index is 0.174. The molecular weight excluding hydrogens is 280 g/mol. The van der Waals surface area contributed by atoms with E-state index in [9.17, 15) is 0 Å². The first kappa shape index (κ1) is 15.4. The van der Waals surface area contributed by atoms with E-state index in [4.69, 9.17) is 4.99 Å². The van der Waals surface area contributed by atoms with Crippen LogP contribution < -0.4 is 5.32 Å². The lowest BCUT2D eigenvalue weighted by molar-refractivity contribution is 0.162. The molecule has 5 unspecified atom stereocenters. The van der Waals surface area contributed by atoms with Gasteiger partial charge in [-0.25, -0.2) is 0 Å². The number of nitrogens with one attached hydrogen (secondary N) is 1. The molecule has 0 aromatic heterocycles. The zero-order valence-electron chi connectivity index (χ0n) is 15.0. The molecule has 4 aliphatic rings. The summed E-state index contributed by atoms with van der Waals surface area (Å²) in [5.74, 6) is 1.99. The second-order valence-electron chi connectivity index (χ2n) is 8.57. The zero-order chi connectivity index (χ0) is 16.2. The molecule has 0 radical (unpaired) electrons. The van der Waals surface area contributed by atoms with Gasteiger partial charge in [-0.15, -0.1) is 0 Å². The van der Waals surface area contributed by atoms with Gasteiger partial charge in [-0.2, -0.15) is 0 Å². The maximum absolute atomic E-state index is 5.32. The molecular formula is C21H30N2. The van der Waals surface area contributed by atoms with E-state index in [-0.39, 0.29) is 5.54 Å². The average molecular weight is 310 g/mol. The molecule has 5 atom stereocenters. The maximum atomic E-state index is 5.32. The number of rotatable bonds is 2. The first-order valence-electron chi connectivity index (χ1n) is 9.30. The predicted octanol–water partition coefficient (Wildman–Crippen LogP) is 4.45. The molecule has 0 spiro atoms. The molecule has 2 nitrogen and oxygen atoms in total. The van der Waals surface area contributed by atoms with Crippen molar-refractivity contribution < 1.29 is 0 Å². The monoisotopic (exact) mass is 310 g/mol. The van der Waals surface area contributed by atoms with Gasteiger partial charge in [-0.1, -0.05) is 36.3 Å². The van der Waals surface area contributed by atoms with Crippen LogP contribution in [-0.2, 0) is 0 Å². The minimum absolute atomic E-state index is 0.174. The second-order valence-corrected chi connectivity index (χ2v) is 8.57. The normalized spacial score (nSPS) is 41.3. The molecule has 2 heteroatoms. The fraction of sp³-hybridized carbons (Fsp3) is 0.667. The van der Waals surface area contributed by atoms with Gasteiger partial charge in [0.25, 0.3) is 0 Å². The van der Waals surface area contributed by atoms with Crippen molar-refractivity contribution in [1.82, 2.24) is 5.32 Å². The first-order valence-corrected chi connectivity index (χ1v) is 9.30. The van der Waals surface area contributed by atoms with Crippen LogP contribution in [-0.4, -0.2) is 23.8 Å². The van der Waals surface area contributed by atoms with Crippen molar-refractivity contribution >= 4 is 5.71 Å². The van der Waals surface area contributed by atoms with Gasteiger partial charge in [0, 0.05) is 30.1 Å². The number of hydrogen-bond donors (Lipinski definition) is 1. The lowest BCUT2D eigenvalue weighted by Crippen LogP contribution is -2.54. The summed E-state index contributed by atoms with van der Waals surface area (Å²) in [6.45, 7) is 10.3. The molecule has 2 heterocycles. The molecule has 2 aliphatic heterocycles. The van der Waals surface area contributed by atoms with E-state index in [0.717, 1.165) is 13.0 Å². The molecule has 0 aromatic carbocycles. The van der Waals surface area contributed by atoms with Crippen LogP contribution in [0.4, 0.5) is 0 Å². The topological polar surface area (TPSA) is 24.4 Å². The lowest BCUT2D eigenvalue weighted by atomic mass is 9.63. The Morgan fingerprint density at radius 3 is 3.04 bits per heavy atom. The van der Waals surface area contributed by atoms with Crippen molar-refractivity contribution in [1.29, 1.82) is 0 Å². The van der Waals surface area contributed by atoms with E-state index in [0.29, 0.717) is 23.8 Å². The van der Waals surface area contributed by atoms with Crippen molar-refractivity contribution in [3.05, 3.63) is 34.9 Å². The Hall–Kier alpha value is -1.15. The van der Waals surface area contributed by atoms with Crippen molar-refractivity contribution in [2.45, 2.75) is 65.0 Å². The Bertz CT molecular complexity index is 632. The number of aliphatic imine (C=N–C) groups is 1. The van der Waals surface area contributed by atoms with Gasteiger partial charge >= 0.3 is 0 Å². The van der Waals surface area contributed by atoms with Crippen LogP contribution in [0, 0.1) is 17.8 Å². The molecule has 2 aliphatic carbocycles. The Morgan fingerprint density at radius 2 is 2.26 bits per heavy atom. The SMILES string of the molecule is CC(C)=CCC1C2CC3=C4C=CCNC(C)(C3)C(C)C1N=C2C4. The number of hydrogen-bond acceptors (Lipinski definition) is 2. The molecule has 124 valence electrons. The fourth-order valence-electron chi connectivity index (χ4n) is 5.25. The van der Waals surface area contributed by atoms with Gasteiger partial charge in [-0.3, -0.25) is 4.99 Å². The average Bonchev–Trinajstić information content (AvgIpc) is 2.85. The van der Waals surface area contributed by atoms with Crippen LogP contribution in [0.3, 0.4) is 0 Å². The zero-order valence-corrected chi connectivity index (χ0v) is 15.0. The van der Waals surface area contributed by atoms with Gasteiger partial charge in [0.2, 0.25) is 0 Å². The van der Waals surface area contributed by atoms with Crippen molar-refractivity contribution in [3.63, 3.8) is 0 Å². The summed E-state index contributed by atoms with van der Waals surface area (Å²) in [5, 5.41) is 3.85. The summed E-state index contributed by atoms with van der Waals surface area (Å²) in [7, 11) is 0. The highest BCUT2D eigenvalue weighted by molar-refractivity contribution is 5.93. The Kier molecular flexibility index (Phi) is 3.64. The molecule has 4 rings (SSSR count). The van der Waals surface area contributed by atoms with Gasteiger partial charge in [0.1, 0.15) is 0 Å². The molecule has 1 saturated carbocycles. The quantitative estimate of drug-likeness (QED) is 0.749. The van der Waals surface area contributed by atoms with E-state index in [1.807, 2.05) is 0 Å². The number of allylic oxidation sites excluding steroid dienone is 4. The van der Waals surface area contributed by atoms with E-state index in [2.05, 4.69) is 51.2 Å². The Morgan fingerprint density at radius 1 is 1.43 bits per heavy atom. The predicted molar refractivity (Wildman–Crippen MR) is 97.8 cm³/mol. The minimum Gasteiger partial charge on any atom is -0.307 e. The Labute approximate surface area is 140 Å². The van der Waals surface area contributed by atoms with Crippen LogP contribution in [0.2, 0.25) is 0 Å². The fourth-order valence-corrected chi connectivity index (χ4v) is 5.25. The molecule has 0 amide bonds. The van der Waals surface area contributed by atoms with Crippen LogP contribution in [0.1, 0.15) is 53.4 Å². The van der Waals surface area contributed by atoms with Crippen LogP contribution in [0.5, 0.6) is 0 Å². The van der Waals surface area contributed by atoms with E-state index < -0.39 is 0 Å². The Balaban J connectivity index is 1.79. The second kappa shape index (κ2) is 5.44. The molecule has 1 fully saturated rings. The molecule has 0 saturated heterocycles. The molecule has 1 N–H and O–H groups in total. The van der Waals surface area contributed by atoms with Gasteiger partial charge < -0.3 is 5.32 Å². The van der Waals surface area contributed by atoms with Gasteiger partial charge in [0.15, 0.2) is 0 Å². The third-order valence-electron chi connectivity index (χ3n) is 6.83. The highest BCUT2D eigenvalue weighted by Gasteiger charge is 2.50. The van der Waals surface area contributed by atoms with Crippen molar-refractivity contribution in [3.8, 4) is 0 Å². The number of fused-ring (bicyclic) bond motifs is 2. The highest BCUT2D eigenvalue weighted by Crippen LogP contribution is 2.50. The first-order chi connectivity index (χ1) is 11.0. The van der Waals surface area contributed by atoms with E-state index >= 15 is 0 Å². The van der Waals surface area contributed by atoms with E-state index in [1.54, 1.807) is 11.1 Å². The third-order valence-corrected chi connectivity index (χ3v) is 6.83. The third kappa shape index (κ3) is 2.46. The van der Waals surface area contributed by atoms with Crippen LogP contribution in [0.15, 0.2) is 39.9 Å². The smallest absolute Gasteiger partial charge is 0.0579 e. The van der Waals surface area contributed by atoms with Crippen LogP contribution >= 0.6 is 0 Å². The lowest BCUT2D eigenvalue weighted by Gasteiger charge is -2.46. The summed E-state index contributed by atoms with van der Waals surface area (Å²) in [6.07, 6.45) is 11.9. The van der Waals surface area contributed by atoms with Crippen LogP contribution in [0.25, 0.3) is 0 Å². The maximum Gasteiger partial charge on any atom is 0.0579 e. The number of nitrogens with zero attached hydrogens (tertiary/aromatic N) is 1. The highest BCUT2D eigenvalue weighted by atomic mass is 15.0. The molecule has 23 heavy (non-hydrogen) atoms.